The molecule has 6 heteroatoms. The van der Waals surface area contributed by atoms with Crippen LogP contribution in [0, 0.1) is 0 Å². The second kappa shape index (κ2) is 5.95. The topological polar surface area (TPSA) is 38.5 Å². The Morgan fingerprint density at radius 1 is 1.33 bits per heavy atom. The molecule has 0 radical (unpaired) electrons. The van der Waals surface area contributed by atoms with Crippen LogP contribution in [0.5, 0.6) is 0 Å². The number of anilines is 2. The number of nitrogens with two attached hydrogens (primary N) is 1. The van der Waals surface area contributed by atoms with Crippen molar-refractivity contribution in [3.63, 3.8) is 0 Å². The molecule has 0 aromatic heterocycles. The van der Waals surface area contributed by atoms with Gasteiger partial charge in [0.25, 0.3) is 0 Å². The van der Waals surface area contributed by atoms with Crippen LogP contribution >= 0.6 is 0 Å². The summed E-state index contributed by atoms with van der Waals surface area (Å²) in [6, 6.07) is 3.79. The van der Waals surface area contributed by atoms with E-state index in [-0.39, 0.29) is 11.4 Å². The van der Waals surface area contributed by atoms with Crippen LogP contribution in [0.4, 0.5) is 24.5 Å². The summed E-state index contributed by atoms with van der Waals surface area (Å²) in [5.74, 6) is 0. The lowest BCUT2D eigenvalue weighted by molar-refractivity contribution is -0.137. The Morgan fingerprint density at radius 3 is 2.56 bits per heavy atom. The molecule has 102 valence electrons. The third kappa shape index (κ3) is 3.80. The van der Waals surface area contributed by atoms with E-state index in [1.54, 1.807) is 7.05 Å². The van der Waals surface area contributed by atoms with Crippen molar-refractivity contribution in [3.8, 4) is 0 Å². The highest BCUT2D eigenvalue weighted by Gasteiger charge is 2.34. The molecule has 0 saturated heterocycles. The van der Waals surface area contributed by atoms with Crippen LogP contribution in [0.3, 0.4) is 0 Å². The first-order valence-corrected chi connectivity index (χ1v) is 5.62. The molecule has 3 nitrogen and oxygen atoms in total. The third-order valence-corrected chi connectivity index (χ3v) is 2.51. The van der Waals surface area contributed by atoms with Crippen molar-refractivity contribution in [1.82, 2.24) is 0 Å². The van der Waals surface area contributed by atoms with E-state index in [4.69, 9.17) is 10.5 Å². The van der Waals surface area contributed by atoms with Gasteiger partial charge in [-0.3, -0.25) is 0 Å². The standard InChI is InChI=1S/C12H17F3N2O/c1-3-18-7-6-17(2)11-5-4-9(16)8-10(11)12(13,14)15/h4-5,8H,3,6-7,16H2,1-2H3. The lowest BCUT2D eigenvalue weighted by atomic mass is 10.1. The normalized spacial score (nSPS) is 11.6. The number of hydrogen-bond donors (Lipinski definition) is 1. The van der Waals surface area contributed by atoms with Crippen LogP contribution in [0.25, 0.3) is 0 Å². The summed E-state index contributed by atoms with van der Waals surface area (Å²) in [7, 11) is 1.60. The molecule has 0 bridgehead atoms. The summed E-state index contributed by atoms with van der Waals surface area (Å²) in [5.41, 5.74) is 4.89. The van der Waals surface area contributed by atoms with E-state index in [2.05, 4.69) is 0 Å². The molecule has 0 fully saturated rings. The number of alkyl halides is 3. The van der Waals surface area contributed by atoms with Crippen molar-refractivity contribution in [3.05, 3.63) is 23.8 Å². The van der Waals surface area contributed by atoms with E-state index in [9.17, 15) is 13.2 Å². The maximum absolute atomic E-state index is 12.9. The zero-order valence-corrected chi connectivity index (χ0v) is 10.4. The second-order valence-electron chi connectivity index (χ2n) is 3.89. The van der Waals surface area contributed by atoms with E-state index in [0.29, 0.717) is 19.8 Å². The van der Waals surface area contributed by atoms with Gasteiger partial charge >= 0.3 is 6.18 Å². The summed E-state index contributed by atoms with van der Waals surface area (Å²) in [6.45, 7) is 3.15. The van der Waals surface area contributed by atoms with Crippen molar-refractivity contribution < 1.29 is 17.9 Å². The maximum Gasteiger partial charge on any atom is 0.418 e. The van der Waals surface area contributed by atoms with Gasteiger partial charge in [-0.1, -0.05) is 0 Å². The van der Waals surface area contributed by atoms with E-state index >= 15 is 0 Å². The predicted molar refractivity (Wildman–Crippen MR) is 65.6 cm³/mol. The summed E-state index contributed by atoms with van der Waals surface area (Å²) in [5, 5.41) is 0. The van der Waals surface area contributed by atoms with Gasteiger partial charge in [0.2, 0.25) is 0 Å². The van der Waals surface area contributed by atoms with E-state index in [1.165, 1.54) is 17.0 Å². The summed E-state index contributed by atoms with van der Waals surface area (Å²) >= 11 is 0. The van der Waals surface area contributed by atoms with Crippen LogP contribution in [-0.4, -0.2) is 26.8 Å². The number of likely N-dealkylation sites (N-methyl/N-ethyl adjacent to an activating group) is 1. The molecular formula is C12H17F3N2O. The monoisotopic (exact) mass is 262 g/mol. The van der Waals surface area contributed by atoms with Crippen molar-refractivity contribution >= 4 is 11.4 Å². The Hall–Kier alpha value is -1.43. The van der Waals surface area contributed by atoms with Crippen LogP contribution in [0.15, 0.2) is 18.2 Å². The average Bonchev–Trinajstić information content (AvgIpc) is 2.28. The predicted octanol–water partition coefficient (Wildman–Crippen LogP) is 2.76. The zero-order chi connectivity index (χ0) is 13.8. The van der Waals surface area contributed by atoms with Crippen molar-refractivity contribution in [2.75, 3.05) is 37.4 Å². The van der Waals surface area contributed by atoms with E-state index in [0.717, 1.165) is 6.07 Å². The number of nitrogen functional groups attached to an aromatic ring is 1. The zero-order valence-electron chi connectivity index (χ0n) is 10.4. The van der Waals surface area contributed by atoms with Crippen LogP contribution < -0.4 is 10.6 Å². The molecule has 18 heavy (non-hydrogen) atoms. The molecule has 0 atom stereocenters. The first kappa shape index (κ1) is 14.6. The Morgan fingerprint density at radius 2 is 2.00 bits per heavy atom. The number of benzene rings is 1. The Labute approximate surface area is 104 Å². The van der Waals surface area contributed by atoms with Crippen LogP contribution in [-0.2, 0) is 10.9 Å². The highest BCUT2D eigenvalue weighted by atomic mass is 19.4. The molecule has 0 aliphatic rings. The van der Waals surface area contributed by atoms with Gasteiger partial charge < -0.3 is 15.4 Å². The van der Waals surface area contributed by atoms with Gasteiger partial charge in [-0.05, 0) is 25.1 Å². The SMILES string of the molecule is CCOCCN(C)c1ccc(N)cc1C(F)(F)F. The molecule has 0 amide bonds. The Balaban J connectivity index is 2.93. The minimum atomic E-state index is -4.41. The average molecular weight is 262 g/mol. The second-order valence-corrected chi connectivity index (χ2v) is 3.89. The lowest BCUT2D eigenvalue weighted by Gasteiger charge is -2.23. The van der Waals surface area contributed by atoms with E-state index in [1.807, 2.05) is 6.92 Å². The van der Waals surface area contributed by atoms with Crippen LogP contribution in [0.2, 0.25) is 0 Å². The van der Waals surface area contributed by atoms with E-state index < -0.39 is 11.7 Å². The summed E-state index contributed by atoms with van der Waals surface area (Å²) < 4.78 is 43.7. The number of halogens is 3. The van der Waals surface area contributed by atoms with Gasteiger partial charge in [0, 0.05) is 31.6 Å². The third-order valence-electron chi connectivity index (χ3n) is 2.51. The van der Waals surface area contributed by atoms with Crippen molar-refractivity contribution in [1.29, 1.82) is 0 Å². The molecule has 1 aromatic rings. The number of rotatable bonds is 5. The molecule has 0 unspecified atom stereocenters. The molecule has 1 rings (SSSR count). The Kier molecular flexibility index (Phi) is 4.84. The lowest BCUT2D eigenvalue weighted by Crippen LogP contribution is -2.25. The van der Waals surface area contributed by atoms with Gasteiger partial charge in [0.15, 0.2) is 0 Å². The smallest absolute Gasteiger partial charge is 0.399 e. The molecule has 0 aliphatic heterocycles. The fourth-order valence-corrected chi connectivity index (χ4v) is 1.58. The van der Waals surface area contributed by atoms with Gasteiger partial charge in [0.05, 0.1) is 12.2 Å². The Bertz CT molecular complexity index is 393. The number of ether oxygens (including phenoxy) is 1. The molecule has 0 saturated carbocycles. The fourth-order valence-electron chi connectivity index (χ4n) is 1.58. The van der Waals surface area contributed by atoms with Gasteiger partial charge in [-0.2, -0.15) is 13.2 Å². The fraction of sp³-hybridized carbons (Fsp3) is 0.500. The summed E-state index contributed by atoms with van der Waals surface area (Å²) in [6.07, 6.45) is -4.41. The highest BCUT2D eigenvalue weighted by molar-refractivity contribution is 5.60. The number of nitrogens with zero attached hydrogens (tertiary/aromatic N) is 1. The van der Waals surface area contributed by atoms with Crippen molar-refractivity contribution in [2.45, 2.75) is 13.1 Å². The van der Waals surface area contributed by atoms with Gasteiger partial charge in [-0.15, -0.1) is 0 Å². The minimum absolute atomic E-state index is 0.101. The highest BCUT2D eigenvalue weighted by Crippen LogP contribution is 2.37. The van der Waals surface area contributed by atoms with Gasteiger partial charge in [0.1, 0.15) is 0 Å². The molecule has 1 aromatic carbocycles. The molecule has 0 heterocycles. The molecule has 0 aliphatic carbocycles. The van der Waals surface area contributed by atoms with Crippen molar-refractivity contribution in [2.24, 2.45) is 0 Å². The first-order valence-electron chi connectivity index (χ1n) is 5.62. The minimum Gasteiger partial charge on any atom is -0.399 e. The van der Waals surface area contributed by atoms with Crippen LogP contribution in [0.1, 0.15) is 12.5 Å². The maximum atomic E-state index is 12.9. The molecule has 0 spiro atoms. The molecular weight excluding hydrogens is 245 g/mol. The number of hydrogen-bond acceptors (Lipinski definition) is 3. The van der Waals surface area contributed by atoms with Gasteiger partial charge in [-0.25, -0.2) is 0 Å². The summed E-state index contributed by atoms with van der Waals surface area (Å²) in [4.78, 5) is 1.51. The largest absolute Gasteiger partial charge is 0.418 e. The first-order chi connectivity index (χ1) is 8.36. The quantitative estimate of drug-likeness (QED) is 0.655. The molecule has 2 N–H and O–H groups in total.